The van der Waals surface area contributed by atoms with Crippen molar-refractivity contribution < 1.29 is 37.6 Å². The van der Waals surface area contributed by atoms with Gasteiger partial charge < -0.3 is 36.2 Å². The van der Waals surface area contributed by atoms with Crippen molar-refractivity contribution in [3.63, 3.8) is 0 Å². The highest BCUT2D eigenvalue weighted by Gasteiger charge is 2.25. The minimum absolute atomic E-state index is 0.00626. The third-order valence-corrected chi connectivity index (χ3v) is 13.9. The summed E-state index contributed by atoms with van der Waals surface area (Å²) in [5.41, 5.74) is 5.54. The Morgan fingerprint density at radius 2 is 1.51 bits per heavy atom. The Bertz CT molecular complexity index is 2970. The number of aromatic amines is 1. The van der Waals surface area contributed by atoms with Gasteiger partial charge in [0.05, 0.1) is 33.8 Å². The van der Waals surface area contributed by atoms with Crippen LogP contribution in [0.25, 0.3) is 10.9 Å². The van der Waals surface area contributed by atoms with Crippen LogP contribution in [0.15, 0.2) is 72.8 Å². The van der Waals surface area contributed by atoms with Crippen LogP contribution in [0.2, 0.25) is 0 Å². The molecule has 4 heterocycles. The Kier molecular flexibility index (Phi) is 17.8. The summed E-state index contributed by atoms with van der Waals surface area (Å²) in [7, 11) is 0. The summed E-state index contributed by atoms with van der Waals surface area (Å²) in [4.78, 5) is 71.1. The molecule has 2 aliphatic heterocycles. The van der Waals surface area contributed by atoms with Crippen molar-refractivity contribution in [2.45, 2.75) is 71.3 Å². The molecule has 390 valence electrons. The lowest BCUT2D eigenvalue weighted by Gasteiger charge is -2.36. The van der Waals surface area contributed by atoms with Crippen molar-refractivity contribution in [3.05, 3.63) is 122 Å². The average Bonchev–Trinajstić information content (AvgIpc) is 3.94. The van der Waals surface area contributed by atoms with Crippen LogP contribution in [0.3, 0.4) is 0 Å². The van der Waals surface area contributed by atoms with Gasteiger partial charge in [-0.25, -0.2) is 13.8 Å². The van der Waals surface area contributed by atoms with Gasteiger partial charge in [0.2, 0.25) is 11.8 Å². The number of thiazole rings is 1. The first-order valence-corrected chi connectivity index (χ1v) is 25.6. The summed E-state index contributed by atoms with van der Waals surface area (Å²) in [5.74, 6) is -2.19. The molecule has 4 amide bonds. The first-order valence-electron chi connectivity index (χ1n) is 24.8. The average molecular weight is 1040 g/mol. The van der Waals surface area contributed by atoms with E-state index in [2.05, 4.69) is 56.9 Å². The fourth-order valence-electron chi connectivity index (χ4n) is 9.08. The van der Waals surface area contributed by atoms with E-state index in [0.717, 1.165) is 79.3 Å². The van der Waals surface area contributed by atoms with Gasteiger partial charge in [0.25, 0.3) is 11.8 Å². The predicted octanol–water partition coefficient (Wildman–Crippen LogP) is 8.46. The van der Waals surface area contributed by atoms with Crippen LogP contribution in [0.1, 0.15) is 89.4 Å². The molecule has 2 fully saturated rings. The minimum Gasteiger partial charge on any atom is -0.385 e. The first kappa shape index (κ1) is 52.8. The molecule has 19 nitrogen and oxygen atoms in total. The summed E-state index contributed by atoms with van der Waals surface area (Å²) in [6, 6.07) is 19.9. The SMILES string of the molecule is CC(=O)Nc1cc(NCCCCCCCNC(=O)CN2CCN(c3ccc(C(=O)Nc4n[nH]c5ccc(Cc6cc(F)cc(F)c6)cc45)c(NC4CCOCC4)c3)CC2)ccc1C(=O)Nc1nc(C)c([N+](=O)[O-])s1. The van der Waals surface area contributed by atoms with E-state index in [4.69, 9.17) is 4.74 Å². The maximum Gasteiger partial charge on any atom is 0.348 e. The molecule has 22 heteroatoms. The number of ether oxygens (including phenoxy) is 1. The van der Waals surface area contributed by atoms with Crippen molar-refractivity contribution >= 4 is 84.6 Å². The number of amides is 4. The Labute approximate surface area is 430 Å². The number of piperazine rings is 1. The maximum atomic E-state index is 14.0. The Balaban J connectivity index is 0.754. The lowest BCUT2D eigenvalue weighted by Crippen LogP contribution is -2.49. The molecule has 2 aromatic heterocycles. The van der Waals surface area contributed by atoms with Crippen molar-refractivity contribution in [2.75, 3.05) is 90.5 Å². The molecule has 0 aliphatic carbocycles. The highest BCUT2D eigenvalue weighted by Crippen LogP contribution is 2.32. The highest BCUT2D eigenvalue weighted by atomic mass is 32.1. The van der Waals surface area contributed by atoms with Gasteiger partial charge in [0.1, 0.15) is 17.3 Å². The Morgan fingerprint density at radius 3 is 2.24 bits per heavy atom. The van der Waals surface area contributed by atoms with Gasteiger partial charge in [0.15, 0.2) is 10.9 Å². The molecule has 0 unspecified atom stereocenters. The zero-order valence-corrected chi connectivity index (χ0v) is 42.1. The Morgan fingerprint density at radius 1 is 0.811 bits per heavy atom. The van der Waals surface area contributed by atoms with E-state index in [1.54, 1.807) is 18.2 Å². The summed E-state index contributed by atoms with van der Waals surface area (Å²) in [5, 5.41) is 37.5. The second-order valence-corrected chi connectivity index (χ2v) is 19.5. The molecule has 0 spiro atoms. The number of carbonyl (C=O) groups is 4. The maximum absolute atomic E-state index is 14.0. The van der Waals surface area contributed by atoms with Crippen LogP contribution < -0.4 is 36.8 Å². The van der Waals surface area contributed by atoms with Crippen LogP contribution in [-0.2, 0) is 20.7 Å². The van der Waals surface area contributed by atoms with E-state index in [9.17, 15) is 38.1 Å². The number of nitrogens with zero attached hydrogens (tertiary/aromatic N) is 5. The minimum atomic E-state index is -0.641. The van der Waals surface area contributed by atoms with Gasteiger partial charge in [-0.3, -0.25) is 44.6 Å². The van der Waals surface area contributed by atoms with Gasteiger partial charge in [-0.05, 0) is 122 Å². The van der Waals surface area contributed by atoms with E-state index in [0.29, 0.717) is 105 Å². The van der Waals surface area contributed by atoms with Gasteiger partial charge in [-0.1, -0.05) is 25.3 Å². The second kappa shape index (κ2) is 24.9. The van der Waals surface area contributed by atoms with Crippen LogP contribution in [0.4, 0.5) is 47.5 Å². The number of benzene rings is 4. The number of rotatable bonds is 22. The van der Waals surface area contributed by atoms with Crippen LogP contribution in [-0.4, -0.2) is 114 Å². The van der Waals surface area contributed by atoms with E-state index in [1.165, 1.54) is 26.0 Å². The van der Waals surface area contributed by atoms with Crippen LogP contribution >= 0.6 is 11.3 Å². The number of halogens is 2. The van der Waals surface area contributed by atoms with E-state index in [-0.39, 0.29) is 45.2 Å². The lowest BCUT2D eigenvalue weighted by molar-refractivity contribution is -0.380. The van der Waals surface area contributed by atoms with Crippen LogP contribution in [0.5, 0.6) is 0 Å². The monoisotopic (exact) mass is 1030 g/mol. The number of nitrogens with one attached hydrogen (secondary N) is 7. The molecular weight excluding hydrogens is 975 g/mol. The quantitative estimate of drug-likeness (QED) is 0.0192. The number of fused-ring (bicyclic) bond motifs is 1. The molecular formula is C52H60F2N12O7S. The normalized spacial score (nSPS) is 14.1. The number of hydrogen-bond acceptors (Lipinski definition) is 14. The molecule has 2 saturated heterocycles. The molecule has 8 rings (SSSR count). The molecule has 0 atom stereocenters. The van der Waals surface area contributed by atoms with E-state index >= 15 is 0 Å². The lowest BCUT2D eigenvalue weighted by atomic mass is 10.0. The number of hydrogen-bond donors (Lipinski definition) is 7. The molecule has 0 saturated carbocycles. The summed E-state index contributed by atoms with van der Waals surface area (Å²) in [6.45, 7) is 8.49. The van der Waals surface area contributed by atoms with Crippen molar-refractivity contribution in [3.8, 4) is 0 Å². The smallest absolute Gasteiger partial charge is 0.348 e. The Hall–Kier alpha value is -7.56. The van der Waals surface area contributed by atoms with E-state index < -0.39 is 22.5 Å². The predicted molar refractivity (Wildman–Crippen MR) is 283 cm³/mol. The van der Waals surface area contributed by atoms with Crippen molar-refractivity contribution in [2.24, 2.45) is 0 Å². The number of nitro groups is 1. The highest BCUT2D eigenvalue weighted by molar-refractivity contribution is 7.19. The van der Waals surface area contributed by atoms with Gasteiger partial charge >= 0.3 is 5.00 Å². The third kappa shape index (κ3) is 14.3. The molecule has 74 heavy (non-hydrogen) atoms. The van der Waals surface area contributed by atoms with Gasteiger partial charge in [-0.2, -0.15) is 5.10 Å². The number of anilines is 6. The van der Waals surface area contributed by atoms with Gasteiger partial charge in [-0.15, -0.1) is 0 Å². The number of H-pyrrole nitrogens is 1. The number of unbranched alkanes of at least 4 members (excludes halogenated alkanes) is 4. The number of aromatic nitrogens is 3. The molecule has 6 aromatic rings. The largest absolute Gasteiger partial charge is 0.385 e. The summed E-state index contributed by atoms with van der Waals surface area (Å²) in [6.07, 6.45) is 6.59. The first-order chi connectivity index (χ1) is 35.7. The van der Waals surface area contributed by atoms with E-state index in [1.807, 2.05) is 36.4 Å². The fraction of sp³-hybridized carbons (Fsp3) is 0.385. The molecule has 0 bridgehead atoms. The summed E-state index contributed by atoms with van der Waals surface area (Å²) >= 11 is 0.763. The van der Waals surface area contributed by atoms with Gasteiger partial charge in [0, 0.05) is 94.0 Å². The van der Waals surface area contributed by atoms with Crippen molar-refractivity contribution in [1.29, 1.82) is 0 Å². The standard InChI is InChI=1S/C52H60F2N12O7S/c1-32-51(66(71)72)74-52(57-32)61-50(70)41-11-9-39(29-45(41)58-33(2)67)55-16-6-4-3-5-7-17-56-47(68)31-64-18-20-65(21-19-64)40-10-12-42(46(30-40)59-38-14-22-73-23-15-38)49(69)60-48-43-27-34(8-13-44(43)62-63-48)24-35-25-36(53)28-37(54)26-35/h8-13,25-30,38,55,59H,3-7,14-24,31H2,1-2H3,(H,56,68)(H,58,67)(H,57,61,70)(H2,60,62,63,69). The molecule has 2 aliphatic rings. The molecule has 7 N–H and O–H groups in total. The number of carbonyl (C=O) groups excluding carboxylic acids is 4. The zero-order valence-electron chi connectivity index (χ0n) is 41.3. The fourth-order valence-corrected chi connectivity index (χ4v) is 9.86. The molecule has 0 radical (unpaired) electrons. The second-order valence-electron chi connectivity index (χ2n) is 18.5. The van der Waals surface area contributed by atoms with Crippen molar-refractivity contribution in [1.82, 2.24) is 25.4 Å². The van der Waals surface area contributed by atoms with Crippen LogP contribution in [0, 0.1) is 28.7 Å². The third-order valence-electron chi connectivity index (χ3n) is 12.9. The summed E-state index contributed by atoms with van der Waals surface area (Å²) < 4.78 is 33.4. The number of aryl methyl sites for hydroxylation is 1. The topological polar surface area (TPSA) is 241 Å². The zero-order chi connectivity index (χ0) is 52.1. The molecule has 4 aromatic carbocycles.